The highest BCUT2D eigenvalue weighted by Gasteiger charge is 2.20. The Hall–Kier alpha value is -1.95. The first kappa shape index (κ1) is 13.5. The molecule has 0 aliphatic heterocycles. The average molecular weight is 262 g/mol. The van der Waals surface area contributed by atoms with Gasteiger partial charge >= 0.3 is 0 Å². The highest BCUT2D eigenvalue weighted by molar-refractivity contribution is 5.28. The van der Waals surface area contributed by atoms with Crippen molar-refractivity contribution in [2.24, 2.45) is 7.05 Å². The lowest BCUT2D eigenvalue weighted by Crippen LogP contribution is -2.08. The summed E-state index contributed by atoms with van der Waals surface area (Å²) >= 11 is 0. The standard InChI is InChI=1S/C13H18N4O2/c1-8-10(9(2)17(3)16-8)7-11(18)12-13(19-4)15-6-5-14-12/h5-6,11,18H,7H2,1-4H3. The van der Waals surface area contributed by atoms with E-state index >= 15 is 0 Å². The van der Waals surface area contributed by atoms with E-state index in [1.807, 2.05) is 25.6 Å². The zero-order chi connectivity index (χ0) is 14.0. The molecule has 1 N–H and O–H groups in total. The van der Waals surface area contributed by atoms with E-state index in [0.29, 0.717) is 18.0 Å². The quantitative estimate of drug-likeness (QED) is 0.893. The van der Waals surface area contributed by atoms with E-state index in [9.17, 15) is 5.11 Å². The van der Waals surface area contributed by atoms with E-state index in [2.05, 4.69) is 15.1 Å². The van der Waals surface area contributed by atoms with E-state index in [4.69, 9.17) is 4.74 Å². The van der Waals surface area contributed by atoms with Crippen molar-refractivity contribution < 1.29 is 9.84 Å². The molecule has 0 aromatic carbocycles. The molecule has 0 amide bonds. The van der Waals surface area contributed by atoms with Gasteiger partial charge in [0.2, 0.25) is 5.88 Å². The molecule has 0 fully saturated rings. The van der Waals surface area contributed by atoms with Crippen LogP contribution in [0.25, 0.3) is 0 Å². The van der Waals surface area contributed by atoms with Crippen LogP contribution in [0.1, 0.15) is 28.7 Å². The van der Waals surface area contributed by atoms with Gasteiger partial charge in [0.1, 0.15) is 11.8 Å². The van der Waals surface area contributed by atoms with Crippen LogP contribution in [0.4, 0.5) is 0 Å². The van der Waals surface area contributed by atoms with Crippen molar-refractivity contribution in [3.05, 3.63) is 35.0 Å². The maximum atomic E-state index is 10.3. The summed E-state index contributed by atoms with van der Waals surface area (Å²) in [6.07, 6.45) is 2.77. The van der Waals surface area contributed by atoms with Crippen LogP contribution >= 0.6 is 0 Å². The Labute approximate surface area is 112 Å². The maximum absolute atomic E-state index is 10.3. The molecule has 0 saturated heterocycles. The van der Waals surface area contributed by atoms with E-state index in [-0.39, 0.29) is 0 Å². The van der Waals surface area contributed by atoms with Crippen LogP contribution in [0.5, 0.6) is 5.88 Å². The number of hydrogen-bond donors (Lipinski definition) is 1. The second-order valence-electron chi connectivity index (χ2n) is 4.44. The van der Waals surface area contributed by atoms with Gasteiger partial charge in [0.25, 0.3) is 0 Å². The highest BCUT2D eigenvalue weighted by atomic mass is 16.5. The molecular formula is C13H18N4O2. The summed E-state index contributed by atoms with van der Waals surface area (Å²) in [7, 11) is 3.40. The van der Waals surface area contributed by atoms with Gasteiger partial charge in [0, 0.05) is 31.6 Å². The Morgan fingerprint density at radius 1 is 1.32 bits per heavy atom. The summed E-state index contributed by atoms with van der Waals surface area (Å²) in [5, 5.41) is 14.7. The molecule has 2 heterocycles. The summed E-state index contributed by atoms with van der Waals surface area (Å²) in [4.78, 5) is 8.19. The van der Waals surface area contributed by atoms with E-state index in [1.54, 1.807) is 6.20 Å². The van der Waals surface area contributed by atoms with Crippen LogP contribution in [0, 0.1) is 13.8 Å². The molecule has 0 radical (unpaired) electrons. The number of ether oxygens (including phenoxy) is 1. The number of aryl methyl sites for hydroxylation is 2. The topological polar surface area (TPSA) is 73.1 Å². The van der Waals surface area contributed by atoms with Gasteiger partial charge in [-0.05, 0) is 19.4 Å². The zero-order valence-electron chi connectivity index (χ0n) is 11.6. The predicted molar refractivity (Wildman–Crippen MR) is 69.9 cm³/mol. The van der Waals surface area contributed by atoms with Crippen molar-refractivity contribution >= 4 is 0 Å². The number of aliphatic hydroxyl groups excluding tert-OH is 1. The van der Waals surface area contributed by atoms with Crippen molar-refractivity contribution in [1.82, 2.24) is 19.7 Å². The van der Waals surface area contributed by atoms with Crippen molar-refractivity contribution in [2.45, 2.75) is 26.4 Å². The smallest absolute Gasteiger partial charge is 0.238 e. The van der Waals surface area contributed by atoms with Crippen molar-refractivity contribution in [2.75, 3.05) is 7.11 Å². The van der Waals surface area contributed by atoms with E-state index < -0.39 is 6.10 Å². The second-order valence-corrected chi connectivity index (χ2v) is 4.44. The molecule has 0 spiro atoms. The number of methoxy groups -OCH3 is 1. The third kappa shape index (κ3) is 2.58. The Kier molecular flexibility index (Phi) is 3.80. The Balaban J connectivity index is 2.28. The maximum Gasteiger partial charge on any atom is 0.238 e. The molecule has 6 heteroatoms. The minimum Gasteiger partial charge on any atom is -0.480 e. The normalized spacial score (nSPS) is 12.5. The molecule has 19 heavy (non-hydrogen) atoms. The lowest BCUT2D eigenvalue weighted by Gasteiger charge is -2.12. The predicted octanol–water partition coefficient (Wildman–Crippen LogP) is 1.11. The number of nitrogens with zero attached hydrogens (tertiary/aromatic N) is 4. The van der Waals surface area contributed by atoms with Gasteiger partial charge in [-0.2, -0.15) is 5.10 Å². The number of aliphatic hydroxyl groups is 1. The highest BCUT2D eigenvalue weighted by Crippen LogP contribution is 2.25. The molecule has 1 unspecified atom stereocenters. The third-order valence-corrected chi connectivity index (χ3v) is 3.26. The van der Waals surface area contributed by atoms with Crippen LogP contribution < -0.4 is 4.74 Å². The molecule has 1 atom stereocenters. The lowest BCUT2D eigenvalue weighted by atomic mass is 10.0. The zero-order valence-corrected chi connectivity index (χ0v) is 11.6. The van der Waals surface area contributed by atoms with E-state index in [1.165, 1.54) is 13.3 Å². The fourth-order valence-corrected chi connectivity index (χ4v) is 2.12. The molecular weight excluding hydrogens is 244 g/mol. The van der Waals surface area contributed by atoms with Crippen molar-refractivity contribution in [3.63, 3.8) is 0 Å². The number of rotatable bonds is 4. The van der Waals surface area contributed by atoms with Gasteiger partial charge in [-0.3, -0.25) is 9.67 Å². The van der Waals surface area contributed by atoms with Gasteiger partial charge in [0.05, 0.1) is 12.8 Å². The van der Waals surface area contributed by atoms with Crippen LogP contribution in [-0.4, -0.2) is 32.0 Å². The van der Waals surface area contributed by atoms with E-state index in [0.717, 1.165) is 17.0 Å². The van der Waals surface area contributed by atoms with Gasteiger partial charge in [0.15, 0.2) is 0 Å². The SMILES string of the molecule is COc1nccnc1C(O)Cc1c(C)nn(C)c1C. The Morgan fingerprint density at radius 2 is 2.00 bits per heavy atom. The fourth-order valence-electron chi connectivity index (χ4n) is 2.12. The molecule has 2 aromatic heterocycles. The molecule has 0 bridgehead atoms. The monoisotopic (exact) mass is 262 g/mol. The minimum absolute atomic E-state index is 0.356. The first-order valence-corrected chi connectivity index (χ1v) is 6.06. The lowest BCUT2D eigenvalue weighted by molar-refractivity contribution is 0.167. The van der Waals surface area contributed by atoms with Gasteiger partial charge in [-0.25, -0.2) is 4.98 Å². The summed E-state index contributed by atoms with van der Waals surface area (Å²) in [6, 6.07) is 0. The summed E-state index contributed by atoms with van der Waals surface area (Å²) in [5.74, 6) is 0.356. The molecule has 0 aliphatic rings. The Morgan fingerprint density at radius 3 is 2.58 bits per heavy atom. The second kappa shape index (κ2) is 5.36. The summed E-state index contributed by atoms with van der Waals surface area (Å²) < 4.78 is 6.93. The van der Waals surface area contributed by atoms with Crippen LogP contribution in [0.3, 0.4) is 0 Å². The van der Waals surface area contributed by atoms with Crippen molar-refractivity contribution in [3.8, 4) is 5.88 Å². The van der Waals surface area contributed by atoms with Gasteiger partial charge in [-0.15, -0.1) is 0 Å². The average Bonchev–Trinajstić information content (AvgIpc) is 2.65. The molecule has 2 aromatic rings. The molecule has 0 saturated carbocycles. The van der Waals surface area contributed by atoms with Crippen LogP contribution in [0.2, 0.25) is 0 Å². The number of aromatic nitrogens is 4. The molecule has 0 aliphatic carbocycles. The molecule has 6 nitrogen and oxygen atoms in total. The molecule has 2 rings (SSSR count). The minimum atomic E-state index is -0.759. The van der Waals surface area contributed by atoms with Crippen LogP contribution in [-0.2, 0) is 13.5 Å². The third-order valence-electron chi connectivity index (χ3n) is 3.26. The summed E-state index contributed by atoms with van der Waals surface area (Å²) in [6.45, 7) is 3.92. The fraction of sp³-hybridized carbons (Fsp3) is 0.462. The van der Waals surface area contributed by atoms with Gasteiger partial charge in [-0.1, -0.05) is 0 Å². The largest absolute Gasteiger partial charge is 0.480 e. The van der Waals surface area contributed by atoms with Crippen LogP contribution in [0.15, 0.2) is 12.4 Å². The first-order chi connectivity index (χ1) is 9.04. The van der Waals surface area contributed by atoms with Gasteiger partial charge < -0.3 is 9.84 Å². The Bertz CT molecular complexity index is 580. The summed E-state index contributed by atoms with van der Waals surface area (Å²) in [5.41, 5.74) is 3.44. The first-order valence-electron chi connectivity index (χ1n) is 6.06. The van der Waals surface area contributed by atoms with Crippen molar-refractivity contribution in [1.29, 1.82) is 0 Å². The molecule has 102 valence electrons. The number of hydrogen-bond acceptors (Lipinski definition) is 5.